The van der Waals surface area contributed by atoms with Gasteiger partial charge in [0.1, 0.15) is 6.33 Å². The number of hydrogen-bond donors (Lipinski definition) is 0. The molecule has 37 heavy (non-hydrogen) atoms. The molecule has 0 spiro atoms. The van der Waals surface area contributed by atoms with E-state index in [0.29, 0.717) is 22.7 Å². The third-order valence-electron chi connectivity index (χ3n) is 6.40. The number of halogens is 4. The van der Waals surface area contributed by atoms with Crippen LogP contribution in [0, 0.1) is 17.6 Å². The zero-order chi connectivity index (χ0) is 25.5. The lowest BCUT2D eigenvalue weighted by molar-refractivity contribution is 0.455. The second-order valence-electron chi connectivity index (χ2n) is 8.86. The molecule has 1 aliphatic rings. The fourth-order valence-electron chi connectivity index (χ4n) is 4.39. The van der Waals surface area contributed by atoms with E-state index >= 15 is 4.39 Å². The highest BCUT2D eigenvalue weighted by Gasteiger charge is 2.29. The molecular formula is C25H18Cl2F2N8. The number of benzene rings is 1. The van der Waals surface area contributed by atoms with Crippen molar-refractivity contribution in [3.8, 4) is 27.9 Å². The molecule has 0 amide bonds. The number of rotatable bonds is 7. The Hall–Kier alpha value is -3.76. The summed E-state index contributed by atoms with van der Waals surface area (Å²) in [5, 5.41) is 15.9. The Morgan fingerprint density at radius 3 is 2.51 bits per heavy atom. The number of nitrogens with zero attached hydrogens (tertiary/aromatic N) is 8. The van der Waals surface area contributed by atoms with Crippen molar-refractivity contribution >= 4 is 23.2 Å². The van der Waals surface area contributed by atoms with Crippen LogP contribution in [0.4, 0.5) is 8.78 Å². The molecule has 1 aromatic carbocycles. The first-order valence-electron chi connectivity index (χ1n) is 11.5. The molecule has 186 valence electrons. The summed E-state index contributed by atoms with van der Waals surface area (Å²) in [5.74, 6) is -0.556. The normalized spacial score (nSPS) is 14.2. The van der Waals surface area contributed by atoms with Crippen molar-refractivity contribution in [2.24, 2.45) is 5.92 Å². The lowest BCUT2D eigenvalue weighted by atomic mass is 10.0. The van der Waals surface area contributed by atoms with E-state index in [0.717, 1.165) is 31.2 Å². The Bertz CT molecular complexity index is 1550. The highest BCUT2D eigenvalue weighted by Crippen LogP contribution is 2.40. The van der Waals surface area contributed by atoms with Gasteiger partial charge in [-0.3, -0.25) is 14.6 Å². The molecule has 4 aromatic heterocycles. The molecule has 0 saturated heterocycles. The minimum atomic E-state index is -0.591. The van der Waals surface area contributed by atoms with Crippen LogP contribution in [0.15, 0.2) is 61.6 Å². The van der Waals surface area contributed by atoms with Crippen molar-refractivity contribution in [1.29, 1.82) is 0 Å². The first-order valence-corrected chi connectivity index (χ1v) is 12.3. The number of pyridine rings is 2. The van der Waals surface area contributed by atoms with Crippen LogP contribution in [0.5, 0.6) is 0 Å². The molecule has 0 bridgehead atoms. The smallest absolute Gasteiger partial charge is 0.151 e. The van der Waals surface area contributed by atoms with E-state index in [2.05, 4.69) is 30.6 Å². The van der Waals surface area contributed by atoms with Crippen molar-refractivity contribution in [2.45, 2.75) is 25.3 Å². The maximum Gasteiger partial charge on any atom is 0.151 e. The lowest BCUT2D eigenvalue weighted by Gasteiger charge is -2.18. The molecule has 1 fully saturated rings. The molecule has 8 nitrogen and oxygen atoms in total. The van der Waals surface area contributed by atoms with Crippen molar-refractivity contribution in [1.82, 2.24) is 40.0 Å². The Balaban J connectivity index is 1.37. The van der Waals surface area contributed by atoms with Crippen LogP contribution in [-0.2, 0) is 0 Å². The number of aromatic nitrogens is 8. The standard InChI is InChI=1S/C25H18Cl2F2N8/c26-17-4-6-21(37-13-32-34-35-37)24(25(17)29)15-3-5-20(31-8-15)22(7-14-1-2-14)36-12-16(9-33-36)23-18(27)10-30-11-19(23)28/h3-6,8-14,22H,1-2,7H2. The maximum absolute atomic E-state index is 15.2. The highest BCUT2D eigenvalue weighted by molar-refractivity contribution is 6.33. The second kappa shape index (κ2) is 9.60. The molecule has 1 atom stereocenters. The zero-order valence-corrected chi connectivity index (χ0v) is 20.7. The van der Waals surface area contributed by atoms with Gasteiger partial charge in [-0.25, -0.2) is 8.78 Å². The second-order valence-corrected chi connectivity index (χ2v) is 9.68. The van der Waals surface area contributed by atoms with Gasteiger partial charge in [-0.2, -0.15) is 9.78 Å². The zero-order valence-electron chi connectivity index (χ0n) is 19.1. The molecule has 5 aromatic rings. The molecule has 0 aliphatic heterocycles. The maximum atomic E-state index is 15.2. The molecule has 1 saturated carbocycles. The first-order chi connectivity index (χ1) is 18.0. The van der Waals surface area contributed by atoms with Crippen molar-refractivity contribution in [3.05, 3.63) is 89.0 Å². The number of hydrogen-bond acceptors (Lipinski definition) is 6. The van der Waals surface area contributed by atoms with Crippen LogP contribution in [-0.4, -0.2) is 40.0 Å². The van der Waals surface area contributed by atoms with Gasteiger partial charge >= 0.3 is 0 Å². The van der Waals surface area contributed by atoms with Gasteiger partial charge in [-0.15, -0.1) is 5.10 Å². The van der Waals surface area contributed by atoms with Gasteiger partial charge in [-0.05, 0) is 41.0 Å². The quantitative estimate of drug-likeness (QED) is 0.254. The van der Waals surface area contributed by atoms with Gasteiger partial charge in [0.15, 0.2) is 11.6 Å². The predicted molar refractivity (Wildman–Crippen MR) is 133 cm³/mol. The van der Waals surface area contributed by atoms with Crippen molar-refractivity contribution in [3.63, 3.8) is 0 Å². The van der Waals surface area contributed by atoms with E-state index in [4.69, 9.17) is 23.2 Å². The van der Waals surface area contributed by atoms with E-state index in [1.54, 1.807) is 35.4 Å². The monoisotopic (exact) mass is 538 g/mol. The third-order valence-corrected chi connectivity index (χ3v) is 6.98. The molecule has 1 unspecified atom stereocenters. The van der Waals surface area contributed by atoms with E-state index in [1.807, 2.05) is 6.07 Å². The lowest BCUT2D eigenvalue weighted by Crippen LogP contribution is -2.14. The SMILES string of the molecule is Fc1cncc(Cl)c1-c1cnn(C(CC2CC2)c2ccc(-c3c(-n4cnnn4)ccc(Cl)c3F)cn2)c1. The average molecular weight is 539 g/mol. The van der Waals surface area contributed by atoms with Crippen molar-refractivity contribution < 1.29 is 8.78 Å². The summed E-state index contributed by atoms with van der Waals surface area (Å²) < 4.78 is 32.8. The van der Waals surface area contributed by atoms with Crippen LogP contribution in [0.25, 0.3) is 27.9 Å². The van der Waals surface area contributed by atoms with Crippen LogP contribution < -0.4 is 0 Å². The minimum Gasteiger partial charge on any atom is -0.263 e. The summed E-state index contributed by atoms with van der Waals surface area (Å²) in [5.41, 5.74) is 2.74. The molecule has 1 aliphatic carbocycles. The molecule has 0 N–H and O–H groups in total. The third kappa shape index (κ3) is 4.58. The summed E-state index contributed by atoms with van der Waals surface area (Å²) in [6, 6.07) is 6.54. The topological polar surface area (TPSA) is 87.2 Å². The predicted octanol–water partition coefficient (Wildman–Crippen LogP) is 5.96. The van der Waals surface area contributed by atoms with Gasteiger partial charge in [0.2, 0.25) is 0 Å². The van der Waals surface area contributed by atoms with Crippen LogP contribution in [0.3, 0.4) is 0 Å². The summed E-state index contributed by atoms with van der Waals surface area (Å²) in [4.78, 5) is 8.46. The highest BCUT2D eigenvalue weighted by atomic mass is 35.5. The van der Waals surface area contributed by atoms with E-state index in [9.17, 15) is 4.39 Å². The minimum absolute atomic E-state index is 0.0198. The van der Waals surface area contributed by atoms with Gasteiger partial charge in [0.05, 0.1) is 39.9 Å². The molecule has 4 heterocycles. The van der Waals surface area contributed by atoms with Crippen molar-refractivity contribution in [2.75, 3.05) is 0 Å². The molecule has 0 radical (unpaired) electrons. The fraction of sp³-hybridized carbons (Fsp3) is 0.200. The Morgan fingerprint density at radius 2 is 1.81 bits per heavy atom. The first kappa shape index (κ1) is 23.6. The van der Waals surface area contributed by atoms with Crippen LogP contribution in [0.2, 0.25) is 10.0 Å². The molecular weight excluding hydrogens is 521 g/mol. The van der Waals surface area contributed by atoms with E-state index in [-0.39, 0.29) is 27.2 Å². The van der Waals surface area contributed by atoms with Crippen LogP contribution >= 0.6 is 23.2 Å². The average Bonchev–Trinajstić information content (AvgIpc) is 3.33. The Morgan fingerprint density at radius 1 is 0.946 bits per heavy atom. The largest absolute Gasteiger partial charge is 0.263 e. The molecule has 6 rings (SSSR count). The summed E-state index contributed by atoms with van der Waals surface area (Å²) in [7, 11) is 0. The molecule has 12 heteroatoms. The summed E-state index contributed by atoms with van der Waals surface area (Å²) in [6.45, 7) is 0. The van der Waals surface area contributed by atoms with Gasteiger partial charge in [-0.1, -0.05) is 42.1 Å². The Kier molecular flexibility index (Phi) is 6.13. The summed E-state index contributed by atoms with van der Waals surface area (Å²) >= 11 is 12.3. The van der Waals surface area contributed by atoms with E-state index in [1.165, 1.54) is 23.3 Å². The summed E-state index contributed by atoms with van der Waals surface area (Å²) in [6.07, 6.45) is 11.9. The van der Waals surface area contributed by atoms with Crippen LogP contribution in [0.1, 0.15) is 31.0 Å². The van der Waals surface area contributed by atoms with Gasteiger partial charge < -0.3 is 0 Å². The van der Waals surface area contributed by atoms with E-state index < -0.39 is 11.6 Å². The fourth-order valence-corrected chi connectivity index (χ4v) is 4.80. The van der Waals surface area contributed by atoms with Gasteiger partial charge in [0, 0.05) is 40.8 Å². The number of tetrazole rings is 1. The Labute approximate surface area is 219 Å². The van der Waals surface area contributed by atoms with Gasteiger partial charge in [0.25, 0.3) is 0 Å².